The summed E-state index contributed by atoms with van der Waals surface area (Å²) in [5, 5.41) is 12.3. The third-order valence-electron chi connectivity index (χ3n) is 3.38. The smallest absolute Gasteiger partial charge is 0.308 e. The number of carbonyl (C=O) groups is 1. The molecule has 0 spiro atoms. The lowest BCUT2D eigenvalue weighted by Crippen LogP contribution is -2.11. The average Bonchev–Trinajstić information content (AvgIpc) is 2.81. The van der Waals surface area contributed by atoms with Gasteiger partial charge in [-0.2, -0.15) is 0 Å². The molecule has 0 aliphatic carbocycles. The van der Waals surface area contributed by atoms with Crippen molar-refractivity contribution in [3.63, 3.8) is 0 Å². The number of benzene rings is 2. The lowest BCUT2D eigenvalue weighted by Gasteiger charge is -2.02. The molecule has 3 aromatic rings. The number of ether oxygens (including phenoxy) is 1. The molecule has 0 atom stereocenters. The Morgan fingerprint density at radius 2 is 1.84 bits per heavy atom. The summed E-state index contributed by atoms with van der Waals surface area (Å²) < 4.78 is 35.4. The van der Waals surface area contributed by atoms with Crippen LogP contribution in [0.25, 0.3) is 22.1 Å². The van der Waals surface area contributed by atoms with E-state index in [1.807, 2.05) is 30.3 Å². The van der Waals surface area contributed by atoms with Crippen molar-refractivity contribution in [1.29, 1.82) is 0 Å². The zero-order valence-corrected chi connectivity index (χ0v) is 14.3. The third-order valence-corrected chi connectivity index (χ3v) is 3.93. The van der Waals surface area contributed by atoms with E-state index in [0.717, 1.165) is 24.0 Å². The minimum absolute atomic E-state index is 0.00634. The maximum Gasteiger partial charge on any atom is 0.308 e. The van der Waals surface area contributed by atoms with Crippen LogP contribution in [-0.2, 0) is 14.8 Å². The van der Waals surface area contributed by atoms with Gasteiger partial charge in [-0.3, -0.25) is 9.52 Å². The fourth-order valence-electron chi connectivity index (χ4n) is 2.41. The van der Waals surface area contributed by atoms with E-state index in [-0.39, 0.29) is 17.4 Å². The van der Waals surface area contributed by atoms with E-state index in [4.69, 9.17) is 9.15 Å². The molecule has 0 aliphatic rings. The molecule has 0 unspecified atom stereocenters. The Hall–Kier alpha value is -3.00. The number of hydrogen-bond acceptors (Lipinski definition) is 6. The van der Waals surface area contributed by atoms with Crippen LogP contribution in [0.3, 0.4) is 0 Å². The van der Waals surface area contributed by atoms with Gasteiger partial charge in [0, 0.05) is 12.5 Å². The molecule has 0 radical (unpaired) electrons. The lowest BCUT2D eigenvalue weighted by molar-refractivity contribution is -0.131. The van der Waals surface area contributed by atoms with Gasteiger partial charge in [-0.05, 0) is 16.8 Å². The predicted octanol–water partition coefficient (Wildman–Crippen LogP) is 3.10. The number of esters is 1. The van der Waals surface area contributed by atoms with E-state index in [2.05, 4.69) is 4.72 Å². The zero-order chi connectivity index (χ0) is 18.2. The van der Waals surface area contributed by atoms with Crippen LogP contribution in [0.15, 0.2) is 46.9 Å². The van der Waals surface area contributed by atoms with E-state index in [0.29, 0.717) is 5.56 Å². The van der Waals surface area contributed by atoms with E-state index in [9.17, 15) is 18.3 Å². The van der Waals surface area contributed by atoms with Crippen molar-refractivity contribution in [2.75, 3.05) is 11.0 Å². The lowest BCUT2D eigenvalue weighted by atomic mass is 10.1. The maximum atomic E-state index is 11.5. The molecule has 130 valence electrons. The number of rotatable bonds is 4. The van der Waals surface area contributed by atoms with Gasteiger partial charge < -0.3 is 14.3 Å². The van der Waals surface area contributed by atoms with Crippen molar-refractivity contribution >= 4 is 32.6 Å². The number of hydrogen-bond donors (Lipinski definition) is 2. The summed E-state index contributed by atoms with van der Waals surface area (Å²) in [6.45, 7) is 1.13. The fourth-order valence-corrected chi connectivity index (χ4v) is 2.88. The van der Waals surface area contributed by atoms with Crippen molar-refractivity contribution in [3.8, 4) is 22.8 Å². The molecule has 0 saturated carbocycles. The maximum absolute atomic E-state index is 11.5. The highest BCUT2D eigenvalue weighted by Gasteiger charge is 2.26. The van der Waals surface area contributed by atoms with Crippen LogP contribution in [-0.4, -0.2) is 25.7 Å². The first-order chi connectivity index (χ1) is 11.7. The minimum atomic E-state index is -3.70. The van der Waals surface area contributed by atoms with Gasteiger partial charge in [0.1, 0.15) is 0 Å². The van der Waals surface area contributed by atoms with Crippen LogP contribution in [0.5, 0.6) is 11.5 Å². The summed E-state index contributed by atoms with van der Waals surface area (Å²) in [7, 11) is -3.70. The molecule has 0 bridgehead atoms. The third kappa shape index (κ3) is 3.58. The van der Waals surface area contributed by atoms with Crippen LogP contribution < -0.4 is 9.46 Å². The second-order valence-electron chi connectivity index (χ2n) is 5.47. The second-order valence-corrected chi connectivity index (χ2v) is 7.22. The second kappa shape index (κ2) is 6.14. The summed E-state index contributed by atoms with van der Waals surface area (Å²) in [5.74, 6) is -1.93. The van der Waals surface area contributed by atoms with Gasteiger partial charge in [0.25, 0.3) is 5.88 Å². The van der Waals surface area contributed by atoms with Crippen molar-refractivity contribution in [3.05, 3.63) is 42.5 Å². The fraction of sp³-hybridized carbons (Fsp3) is 0.118. The first-order valence-electron chi connectivity index (χ1n) is 7.26. The van der Waals surface area contributed by atoms with Crippen molar-refractivity contribution in [2.45, 2.75) is 6.92 Å². The van der Waals surface area contributed by atoms with Crippen molar-refractivity contribution in [2.24, 2.45) is 0 Å². The number of fused-ring (bicyclic) bond motifs is 1. The van der Waals surface area contributed by atoms with Gasteiger partial charge in [-0.1, -0.05) is 36.4 Å². The van der Waals surface area contributed by atoms with Crippen molar-refractivity contribution < 1.29 is 27.5 Å². The Labute approximate surface area is 143 Å². The summed E-state index contributed by atoms with van der Waals surface area (Å²) in [5.41, 5.74) is 0.506. The Kier molecular flexibility index (Phi) is 4.13. The van der Waals surface area contributed by atoms with E-state index >= 15 is 0 Å². The molecule has 0 aliphatic heterocycles. The Bertz CT molecular complexity index is 1070. The molecule has 2 N–H and O–H groups in total. The van der Waals surface area contributed by atoms with Gasteiger partial charge in [-0.25, -0.2) is 8.42 Å². The van der Waals surface area contributed by atoms with Crippen LogP contribution in [0.4, 0.5) is 5.88 Å². The van der Waals surface area contributed by atoms with E-state index in [1.165, 1.54) is 0 Å². The largest absolute Gasteiger partial charge is 0.502 e. The molecule has 7 nitrogen and oxygen atoms in total. The Morgan fingerprint density at radius 1 is 1.16 bits per heavy atom. The highest BCUT2D eigenvalue weighted by Crippen LogP contribution is 2.46. The minimum Gasteiger partial charge on any atom is -0.502 e. The normalized spacial score (nSPS) is 11.4. The molecular weight excluding hydrogens is 346 g/mol. The predicted molar refractivity (Wildman–Crippen MR) is 93.1 cm³/mol. The van der Waals surface area contributed by atoms with E-state index in [1.54, 1.807) is 12.1 Å². The quantitative estimate of drug-likeness (QED) is 0.692. The molecule has 1 aromatic heterocycles. The Balaban J connectivity index is 2.15. The van der Waals surface area contributed by atoms with E-state index < -0.39 is 21.7 Å². The molecule has 8 heteroatoms. The van der Waals surface area contributed by atoms with Gasteiger partial charge in [0.05, 0.1) is 6.26 Å². The SMILES string of the molecule is CC(=O)Oc1c(NS(C)(=O)=O)oc(-c2ccc3ccccc3c2)c1O. The number of carbonyl (C=O) groups excluding carboxylic acids is 1. The van der Waals surface area contributed by atoms with Crippen LogP contribution in [0.2, 0.25) is 0 Å². The molecule has 0 amide bonds. The first-order valence-corrected chi connectivity index (χ1v) is 9.15. The van der Waals surface area contributed by atoms with Gasteiger partial charge in [0.2, 0.25) is 21.5 Å². The van der Waals surface area contributed by atoms with Gasteiger partial charge >= 0.3 is 5.97 Å². The Morgan fingerprint density at radius 3 is 2.48 bits per heavy atom. The number of anilines is 1. The summed E-state index contributed by atoms with van der Waals surface area (Å²) in [6, 6.07) is 12.9. The van der Waals surface area contributed by atoms with Gasteiger partial charge in [-0.15, -0.1) is 0 Å². The molecule has 3 rings (SSSR count). The average molecular weight is 361 g/mol. The van der Waals surface area contributed by atoms with Crippen LogP contribution in [0.1, 0.15) is 6.92 Å². The number of aromatic hydroxyl groups is 1. The number of nitrogens with one attached hydrogen (secondary N) is 1. The summed E-state index contributed by atoms with van der Waals surface area (Å²) in [6.07, 6.45) is 0.916. The molecule has 1 heterocycles. The standard InChI is InChI=1S/C17H15NO6S/c1-10(19)23-16-14(20)15(24-17(16)18-25(2,21)22)13-8-7-11-5-3-4-6-12(11)9-13/h3-9,18,20H,1-2H3. The topological polar surface area (TPSA) is 106 Å². The molecule has 25 heavy (non-hydrogen) atoms. The number of sulfonamides is 1. The monoisotopic (exact) mass is 361 g/mol. The number of furan rings is 1. The molecule has 2 aromatic carbocycles. The molecular formula is C17H15NO6S. The summed E-state index contributed by atoms with van der Waals surface area (Å²) in [4.78, 5) is 11.3. The molecule has 0 saturated heterocycles. The highest BCUT2D eigenvalue weighted by molar-refractivity contribution is 7.92. The zero-order valence-electron chi connectivity index (χ0n) is 13.4. The van der Waals surface area contributed by atoms with Crippen molar-refractivity contribution in [1.82, 2.24) is 0 Å². The summed E-state index contributed by atoms with van der Waals surface area (Å²) >= 11 is 0. The van der Waals surface area contributed by atoms with Crippen LogP contribution >= 0.6 is 0 Å². The highest BCUT2D eigenvalue weighted by atomic mass is 32.2. The van der Waals surface area contributed by atoms with Gasteiger partial charge in [0.15, 0.2) is 5.76 Å². The molecule has 0 fully saturated rings. The first kappa shape index (κ1) is 16.8. The van der Waals surface area contributed by atoms with Crippen LogP contribution in [0, 0.1) is 0 Å².